The van der Waals surface area contributed by atoms with Crippen molar-refractivity contribution in [2.45, 2.75) is 19.3 Å². The maximum absolute atomic E-state index is 2.44. The van der Waals surface area contributed by atoms with Gasteiger partial charge in [0.25, 0.3) is 0 Å². The molecule has 0 radical (unpaired) electrons. The van der Waals surface area contributed by atoms with Gasteiger partial charge in [0.15, 0.2) is 0 Å². The van der Waals surface area contributed by atoms with Crippen LogP contribution in [0.15, 0.2) is 158 Å². The van der Waals surface area contributed by atoms with Crippen molar-refractivity contribution in [1.82, 2.24) is 0 Å². The number of fused-ring (bicyclic) bond motifs is 7. The molecular weight excluding hydrogens is 565 g/mol. The molecule has 0 fully saturated rings. The quantitative estimate of drug-likeness (QED) is 0.138. The molecule has 0 bridgehead atoms. The molecule has 0 amide bonds. The molecule has 1 aliphatic carbocycles. The van der Waals surface area contributed by atoms with Gasteiger partial charge in [-0.3, -0.25) is 0 Å². The van der Waals surface area contributed by atoms with Crippen molar-refractivity contribution in [1.29, 1.82) is 0 Å². The molecule has 0 aliphatic heterocycles. The van der Waals surface area contributed by atoms with Gasteiger partial charge in [-0.25, -0.2) is 0 Å². The fraction of sp³-hybridized carbons (Fsp3) is 0.0638. The summed E-state index contributed by atoms with van der Waals surface area (Å²) in [6.07, 6.45) is 0. The zero-order valence-corrected chi connectivity index (χ0v) is 26.5. The van der Waals surface area contributed by atoms with Gasteiger partial charge in [0.2, 0.25) is 0 Å². The predicted octanol–water partition coefficient (Wildman–Crippen LogP) is 13.1. The zero-order chi connectivity index (χ0) is 31.3. The molecule has 9 aromatic carbocycles. The highest BCUT2D eigenvalue weighted by Gasteiger charge is 2.33. The molecule has 47 heavy (non-hydrogen) atoms. The summed E-state index contributed by atoms with van der Waals surface area (Å²) in [5.74, 6) is 0. The molecule has 0 heteroatoms. The summed E-state index contributed by atoms with van der Waals surface area (Å²) in [6, 6.07) is 59.1. The van der Waals surface area contributed by atoms with Crippen molar-refractivity contribution in [2.75, 3.05) is 0 Å². The first-order valence-electron chi connectivity index (χ1n) is 16.6. The molecule has 0 atom stereocenters. The van der Waals surface area contributed by atoms with Crippen molar-refractivity contribution >= 4 is 53.9 Å². The summed E-state index contributed by atoms with van der Waals surface area (Å²) in [4.78, 5) is 0. The molecule has 0 nitrogen and oxygen atoms in total. The summed E-state index contributed by atoms with van der Waals surface area (Å²) in [5, 5.41) is 12.9. The highest BCUT2D eigenvalue weighted by molar-refractivity contribution is 6.24. The smallest absolute Gasteiger partial charge is 0.0159 e. The minimum absolute atomic E-state index is 0.0768. The van der Waals surface area contributed by atoms with E-state index in [0.29, 0.717) is 0 Å². The molecule has 220 valence electrons. The average molecular weight is 597 g/mol. The van der Waals surface area contributed by atoms with Gasteiger partial charge in [0.05, 0.1) is 0 Å². The zero-order valence-electron chi connectivity index (χ0n) is 26.5. The van der Waals surface area contributed by atoms with Crippen LogP contribution in [0.2, 0.25) is 0 Å². The van der Waals surface area contributed by atoms with Gasteiger partial charge in [-0.1, -0.05) is 153 Å². The van der Waals surface area contributed by atoms with Crippen LogP contribution in [0.5, 0.6) is 0 Å². The van der Waals surface area contributed by atoms with E-state index < -0.39 is 0 Å². The first-order valence-corrected chi connectivity index (χ1v) is 16.6. The molecule has 0 heterocycles. The Kier molecular flexibility index (Phi) is 5.44. The summed E-state index contributed by atoms with van der Waals surface area (Å²) >= 11 is 0. The summed E-state index contributed by atoms with van der Waals surface area (Å²) in [6.45, 7) is 4.75. The van der Waals surface area contributed by atoms with E-state index in [1.165, 1.54) is 98.4 Å². The molecule has 9 aromatic rings. The molecule has 0 saturated heterocycles. The van der Waals surface area contributed by atoms with Crippen molar-refractivity contribution < 1.29 is 0 Å². The van der Waals surface area contributed by atoms with Gasteiger partial charge in [-0.05, 0) is 117 Å². The fourth-order valence-electron chi connectivity index (χ4n) is 8.51. The Morgan fingerprint density at radius 1 is 0.340 bits per heavy atom. The lowest BCUT2D eigenvalue weighted by molar-refractivity contribution is 0.645. The Balaban J connectivity index is 1.28. The topological polar surface area (TPSA) is 0 Å². The number of rotatable bonds is 2. The molecule has 0 N–H and O–H groups in total. The van der Waals surface area contributed by atoms with Crippen molar-refractivity contribution in [2.24, 2.45) is 0 Å². The van der Waals surface area contributed by atoms with Crippen LogP contribution in [0.3, 0.4) is 0 Å². The summed E-state index contributed by atoms with van der Waals surface area (Å²) in [7, 11) is 0. The standard InChI is InChI=1S/C47H32/c1-47(2)42-25-24-33(28-41(42)39-18-8-13-31-14-9-19-43(47)44(31)39)32-21-22-34-26-35-23-20-30-11-4-6-16-37(30)45(35)46(40(34)27-32)38-17-7-12-29-10-3-5-15-36(29)38/h3-28H,1-2H3. The highest BCUT2D eigenvalue weighted by atomic mass is 14.4. The third kappa shape index (κ3) is 3.76. The second kappa shape index (κ2) is 9.64. The van der Waals surface area contributed by atoms with Crippen LogP contribution in [0, 0.1) is 0 Å². The number of hydrogen-bond acceptors (Lipinski definition) is 0. The average Bonchev–Trinajstić information content (AvgIpc) is 3.12. The Labute approximate surface area is 274 Å². The first kappa shape index (κ1) is 26.5. The van der Waals surface area contributed by atoms with Crippen LogP contribution in [-0.2, 0) is 5.41 Å². The van der Waals surface area contributed by atoms with E-state index in [2.05, 4.69) is 172 Å². The second-order valence-corrected chi connectivity index (χ2v) is 13.7. The van der Waals surface area contributed by atoms with Crippen molar-refractivity contribution in [3.05, 3.63) is 169 Å². The molecule has 10 rings (SSSR count). The number of hydrogen-bond donors (Lipinski definition) is 0. The van der Waals surface area contributed by atoms with E-state index >= 15 is 0 Å². The van der Waals surface area contributed by atoms with Crippen LogP contribution in [0.25, 0.3) is 87.2 Å². The van der Waals surface area contributed by atoms with E-state index in [9.17, 15) is 0 Å². The van der Waals surface area contributed by atoms with Crippen LogP contribution in [-0.4, -0.2) is 0 Å². The Morgan fingerprint density at radius 3 is 1.81 bits per heavy atom. The van der Waals surface area contributed by atoms with E-state index in [1.54, 1.807) is 0 Å². The van der Waals surface area contributed by atoms with E-state index in [4.69, 9.17) is 0 Å². The molecule has 0 saturated carbocycles. The largest absolute Gasteiger partial charge is 0.0616 e. The lowest BCUT2D eigenvalue weighted by Crippen LogP contribution is -2.23. The fourth-order valence-corrected chi connectivity index (χ4v) is 8.51. The normalized spacial score (nSPS) is 13.5. The van der Waals surface area contributed by atoms with Gasteiger partial charge in [0.1, 0.15) is 0 Å². The summed E-state index contributed by atoms with van der Waals surface area (Å²) < 4.78 is 0. The van der Waals surface area contributed by atoms with Crippen LogP contribution in [0.4, 0.5) is 0 Å². The second-order valence-electron chi connectivity index (χ2n) is 13.7. The van der Waals surface area contributed by atoms with Gasteiger partial charge >= 0.3 is 0 Å². The van der Waals surface area contributed by atoms with Gasteiger partial charge < -0.3 is 0 Å². The third-order valence-corrected chi connectivity index (χ3v) is 10.8. The molecule has 0 spiro atoms. The minimum Gasteiger partial charge on any atom is -0.0616 e. The van der Waals surface area contributed by atoms with Crippen LogP contribution >= 0.6 is 0 Å². The molecular formula is C47H32. The first-order chi connectivity index (χ1) is 23.1. The van der Waals surface area contributed by atoms with E-state index in [0.717, 1.165) is 0 Å². The Hall–Kier alpha value is -5.72. The van der Waals surface area contributed by atoms with Crippen molar-refractivity contribution in [3.8, 4) is 33.4 Å². The predicted molar refractivity (Wildman–Crippen MR) is 202 cm³/mol. The van der Waals surface area contributed by atoms with Gasteiger partial charge in [-0.15, -0.1) is 0 Å². The SMILES string of the molecule is CC1(C)c2ccc(-c3ccc4cc5ccc6ccccc6c5c(-c5cccc6ccccc56)c4c3)cc2-c2cccc3cccc1c23. The van der Waals surface area contributed by atoms with E-state index in [-0.39, 0.29) is 5.41 Å². The third-order valence-electron chi connectivity index (χ3n) is 10.8. The maximum atomic E-state index is 2.44. The maximum Gasteiger partial charge on any atom is 0.0159 e. The molecule has 0 unspecified atom stereocenters. The summed E-state index contributed by atoms with van der Waals surface area (Å²) in [5.41, 5.74) is 10.5. The van der Waals surface area contributed by atoms with Crippen molar-refractivity contribution in [3.63, 3.8) is 0 Å². The lowest BCUT2D eigenvalue weighted by Gasteiger charge is -2.35. The van der Waals surface area contributed by atoms with Gasteiger partial charge in [0, 0.05) is 5.41 Å². The van der Waals surface area contributed by atoms with Crippen LogP contribution in [0.1, 0.15) is 25.0 Å². The number of benzene rings is 9. The lowest BCUT2D eigenvalue weighted by atomic mass is 9.68. The molecule has 0 aromatic heterocycles. The van der Waals surface area contributed by atoms with Gasteiger partial charge in [-0.2, -0.15) is 0 Å². The van der Waals surface area contributed by atoms with E-state index in [1.807, 2.05) is 0 Å². The highest BCUT2D eigenvalue weighted by Crippen LogP contribution is 2.50. The Bertz CT molecular complexity index is 2750. The van der Waals surface area contributed by atoms with Crippen LogP contribution < -0.4 is 0 Å². The molecule has 1 aliphatic rings. The minimum atomic E-state index is -0.0768. The monoisotopic (exact) mass is 596 g/mol. The Morgan fingerprint density at radius 2 is 0.957 bits per heavy atom.